The van der Waals surface area contributed by atoms with Gasteiger partial charge >= 0.3 is 0 Å². The molecule has 180 valence electrons. The van der Waals surface area contributed by atoms with Gasteiger partial charge in [-0.2, -0.15) is 9.40 Å². The molecule has 0 radical (unpaired) electrons. The molecular formula is C23H28N6O4S. The van der Waals surface area contributed by atoms with Crippen LogP contribution in [0.5, 0.6) is 0 Å². The molecule has 4 rings (SSSR count). The summed E-state index contributed by atoms with van der Waals surface area (Å²) in [6, 6.07) is 7.74. The highest BCUT2D eigenvalue weighted by molar-refractivity contribution is 7.89. The van der Waals surface area contributed by atoms with E-state index in [-0.39, 0.29) is 22.8 Å². The SMILES string of the molecule is CC(=O)Nc1ccc(S(=O)(=O)N2CCC(NC(=O)c3cc(C)nc4c3c(C)nn4C)CC2)cc1. The van der Waals surface area contributed by atoms with Crippen molar-refractivity contribution < 1.29 is 18.0 Å². The van der Waals surface area contributed by atoms with E-state index in [1.165, 1.54) is 23.4 Å². The van der Waals surface area contributed by atoms with Gasteiger partial charge in [0.25, 0.3) is 5.91 Å². The molecule has 1 aromatic carbocycles. The lowest BCUT2D eigenvalue weighted by Crippen LogP contribution is -2.46. The van der Waals surface area contributed by atoms with E-state index in [2.05, 4.69) is 20.7 Å². The van der Waals surface area contributed by atoms with Gasteiger partial charge in [0.1, 0.15) is 0 Å². The molecule has 0 saturated carbocycles. The molecule has 2 aromatic heterocycles. The third kappa shape index (κ3) is 4.66. The van der Waals surface area contributed by atoms with Crippen LogP contribution in [-0.4, -0.2) is 58.4 Å². The van der Waals surface area contributed by atoms with Crippen LogP contribution in [0.1, 0.15) is 41.5 Å². The van der Waals surface area contributed by atoms with E-state index in [0.29, 0.717) is 42.8 Å². The third-order valence-corrected chi connectivity index (χ3v) is 7.86. The Morgan fingerprint density at radius 3 is 2.35 bits per heavy atom. The molecule has 0 aliphatic carbocycles. The van der Waals surface area contributed by atoms with Crippen molar-refractivity contribution in [3.05, 3.63) is 47.3 Å². The van der Waals surface area contributed by atoms with Gasteiger partial charge in [-0.1, -0.05) is 0 Å². The minimum atomic E-state index is -3.66. The van der Waals surface area contributed by atoms with Gasteiger partial charge in [-0.3, -0.25) is 14.3 Å². The first kappa shape index (κ1) is 23.8. The van der Waals surface area contributed by atoms with Crippen molar-refractivity contribution in [1.29, 1.82) is 0 Å². The van der Waals surface area contributed by atoms with Gasteiger partial charge < -0.3 is 10.6 Å². The Kier molecular flexibility index (Phi) is 6.41. The average Bonchev–Trinajstić information content (AvgIpc) is 3.06. The Bertz CT molecular complexity index is 1360. The van der Waals surface area contributed by atoms with Crippen LogP contribution in [0.15, 0.2) is 35.2 Å². The number of pyridine rings is 1. The highest BCUT2D eigenvalue weighted by Crippen LogP contribution is 2.24. The molecule has 10 nitrogen and oxygen atoms in total. The van der Waals surface area contributed by atoms with Crippen molar-refractivity contribution >= 4 is 38.6 Å². The minimum Gasteiger partial charge on any atom is -0.349 e. The Morgan fingerprint density at radius 2 is 1.74 bits per heavy atom. The monoisotopic (exact) mass is 484 g/mol. The molecule has 1 aliphatic rings. The van der Waals surface area contributed by atoms with Crippen molar-refractivity contribution in [2.24, 2.45) is 7.05 Å². The van der Waals surface area contributed by atoms with E-state index in [0.717, 1.165) is 16.8 Å². The number of piperidine rings is 1. The van der Waals surface area contributed by atoms with Gasteiger partial charge in [0, 0.05) is 44.5 Å². The predicted molar refractivity (Wildman–Crippen MR) is 128 cm³/mol. The number of hydrogen-bond acceptors (Lipinski definition) is 6. The second-order valence-corrected chi connectivity index (χ2v) is 10.5. The van der Waals surface area contributed by atoms with Crippen LogP contribution in [0.2, 0.25) is 0 Å². The van der Waals surface area contributed by atoms with Crippen molar-refractivity contribution in [3.8, 4) is 0 Å². The number of nitrogens with zero attached hydrogens (tertiary/aromatic N) is 4. The van der Waals surface area contributed by atoms with E-state index in [1.807, 2.05) is 13.8 Å². The van der Waals surface area contributed by atoms with E-state index < -0.39 is 10.0 Å². The number of fused-ring (bicyclic) bond motifs is 1. The zero-order valence-corrected chi connectivity index (χ0v) is 20.4. The summed E-state index contributed by atoms with van der Waals surface area (Å²) in [6.45, 7) is 5.69. The quantitative estimate of drug-likeness (QED) is 0.571. The molecule has 1 fully saturated rings. The van der Waals surface area contributed by atoms with Crippen molar-refractivity contribution in [2.75, 3.05) is 18.4 Å². The van der Waals surface area contributed by atoms with Crippen LogP contribution in [0.3, 0.4) is 0 Å². The fourth-order valence-electron chi connectivity index (χ4n) is 4.32. The minimum absolute atomic E-state index is 0.137. The molecule has 2 amide bonds. The van der Waals surface area contributed by atoms with Gasteiger partial charge in [0.2, 0.25) is 15.9 Å². The van der Waals surface area contributed by atoms with Gasteiger partial charge in [-0.05, 0) is 57.0 Å². The summed E-state index contributed by atoms with van der Waals surface area (Å²) >= 11 is 0. The molecule has 0 atom stereocenters. The summed E-state index contributed by atoms with van der Waals surface area (Å²) in [5, 5.41) is 10.8. The molecule has 11 heteroatoms. The predicted octanol–water partition coefficient (Wildman–Crippen LogP) is 2.13. The van der Waals surface area contributed by atoms with Crippen LogP contribution in [0.25, 0.3) is 11.0 Å². The number of rotatable bonds is 5. The Labute approximate surface area is 198 Å². The highest BCUT2D eigenvalue weighted by Gasteiger charge is 2.30. The smallest absolute Gasteiger partial charge is 0.252 e. The third-order valence-electron chi connectivity index (χ3n) is 5.94. The molecule has 34 heavy (non-hydrogen) atoms. The van der Waals surface area contributed by atoms with Crippen LogP contribution in [0.4, 0.5) is 5.69 Å². The van der Waals surface area contributed by atoms with E-state index in [4.69, 9.17) is 0 Å². The van der Waals surface area contributed by atoms with E-state index in [9.17, 15) is 18.0 Å². The summed E-state index contributed by atoms with van der Waals surface area (Å²) in [5.74, 6) is -0.428. The summed E-state index contributed by atoms with van der Waals surface area (Å²) < 4.78 is 29.2. The van der Waals surface area contributed by atoms with Crippen LogP contribution in [0, 0.1) is 13.8 Å². The van der Waals surface area contributed by atoms with Gasteiger partial charge in [0.15, 0.2) is 5.65 Å². The fourth-order valence-corrected chi connectivity index (χ4v) is 5.78. The van der Waals surface area contributed by atoms with Crippen LogP contribution < -0.4 is 10.6 Å². The van der Waals surface area contributed by atoms with Crippen LogP contribution >= 0.6 is 0 Å². The largest absolute Gasteiger partial charge is 0.349 e. The molecule has 0 bridgehead atoms. The van der Waals surface area contributed by atoms with E-state index >= 15 is 0 Å². The maximum atomic E-state index is 13.1. The van der Waals surface area contributed by atoms with Crippen molar-refractivity contribution in [1.82, 2.24) is 24.4 Å². The first-order chi connectivity index (χ1) is 16.1. The van der Waals surface area contributed by atoms with E-state index in [1.54, 1.807) is 29.9 Å². The Hall–Kier alpha value is -3.31. The summed E-state index contributed by atoms with van der Waals surface area (Å²) in [7, 11) is -1.86. The first-order valence-electron chi connectivity index (χ1n) is 11.1. The lowest BCUT2D eigenvalue weighted by Gasteiger charge is -2.31. The van der Waals surface area contributed by atoms with Gasteiger partial charge in [-0.15, -0.1) is 0 Å². The molecule has 3 heterocycles. The molecular weight excluding hydrogens is 456 g/mol. The number of amides is 2. The maximum Gasteiger partial charge on any atom is 0.252 e. The highest BCUT2D eigenvalue weighted by atomic mass is 32.2. The zero-order valence-electron chi connectivity index (χ0n) is 19.6. The van der Waals surface area contributed by atoms with Crippen LogP contribution in [-0.2, 0) is 21.9 Å². The summed E-state index contributed by atoms with van der Waals surface area (Å²) in [4.78, 5) is 28.9. The molecule has 0 unspecified atom stereocenters. The number of sulfonamides is 1. The summed E-state index contributed by atoms with van der Waals surface area (Å²) in [5.41, 5.74) is 3.19. The second-order valence-electron chi connectivity index (χ2n) is 8.58. The molecule has 3 aromatic rings. The maximum absolute atomic E-state index is 13.1. The number of nitrogens with one attached hydrogen (secondary N) is 2. The number of carbonyl (C=O) groups excluding carboxylic acids is 2. The number of hydrogen-bond donors (Lipinski definition) is 2. The summed E-state index contributed by atoms with van der Waals surface area (Å²) in [6.07, 6.45) is 1.02. The van der Waals surface area contributed by atoms with Gasteiger partial charge in [-0.25, -0.2) is 13.4 Å². The standard InChI is InChI=1S/C23H28N6O4S/c1-14-13-20(21-15(2)27-28(4)22(21)24-14)23(31)26-18-9-11-29(12-10-18)34(32,33)19-7-5-17(6-8-19)25-16(3)30/h5-8,13,18H,9-12H2,1-4H3,(H,25,30)(H,26,31). The van der Waals surface area contributed by atoms with Gasteiger partial charge in [0.05, 0.1) is 21.5 Å². The number of aryl methyl sites for hydroxylation is 3. The second kappa shape index (κ2) is 9.15. The van der Waals surface area contributed by atoms with Crippen molar-refractivity contribution in [3.63, 3.8) is 0 Å². The topological polar surface area (TPSA) is 126 Å². The fraction of sp³-hybridized carbons (Fsp3) is 0.391. The zero-order chi connectivity index (χ0) is 24.6. The molecule has 2 N–H and O–H groups in total. The lowest BCUT2D eigenvalue weighted by molar-refractivity contribution is -0.114. The number of anilines is 1. The lowest BCUT2D eigenvalue weighted by atomic mass is 10.0. The average molecular weight is 485 g/mol. The number of carbonyl (C=O) groups is 2. The normalized spacial score (nSPS) is 15.4. The Morgan fingerprint density at radius 1 is 1.09 bits per heavy atom. The first-order valence-corrected chi connectivity index (χ1v) is 12.5. The Balaban J connectivity index is 1.43. The molecule has 1 saturated heterocycles. The molecule has 0 spiro atoms. The number of aromatic nitrogens is 3. The van der Waals surface area contributed by atoms with Crippen molar-refractivity contribution in [2.45, 2.75) is 44.6 Å². The molecule has 1 aliphatic heterocycles. The number of benzene rings is 1.